The molecule has 0 spiro atoms. The average Bonchev–Trinajstić information content (AvgIpc) is 2.24. The number of rotatable bonds is 11. The lowest BCUT2D eigenvalue weighted by Crippen LogP contribution is -2.19. The summed E-state index contributed by atoms with van der Waals surface area (Å²) in [5.74, 6) is 0.652. The average molecular weight is 257 g/mol. The third kappa shape index (κ3) is 15.9. The molecule has 0 saturated heterocycles. The molecular weight excluding hydrogens is 224 g/mol. The Balaban J connectivity index is 3.04. The quantitative estimate of drug-likeness (QED) is 0.502. The van der Waals surface area contributed by atoms with Gasteiger partial charge in [-0.1, -0.05) is 26.7 Å². The van der Waals surface area contributed by atoms with Gasteiger partial charge in [0.25, 0.3) is 0 Å². The van der Waals surface area contributed by atoms with Gasteiger partial charge in [-0.15, -0.1) is 0 Å². The summed E-state index contributed by atoms with van der Waals surface area (Å²) < 4.78 is 11.2. The van der Waals surface area contributed by atoms with Gasteiger partial charge in [0, 0.05) is 19.8 Å². The topological polar surface area (TPSA) is 18.5 Å². The van der Waals surface area contributed by atoms with Crippen molar-refractivity contribution in [1.82, 2.24) is 0 Å². The van der Waals surface area contributed by atoms with Crippen molar-refractivity contribution in [1.29, 1.82) is 0 Å². The van der Waals surface area contributed by atoms with E-state index in [1.165, 1.54) is 25.7 Å². The number of unbranched alkanes of at least 4 members (excludes halogenated alkanes) is 5. The maximum Gasteiger partial charge on any atom is 0.0598 e. The van der Waals surface area contributed by atoms with E-state index >= 15 is 0 Å². The third-order valence-electron chi connectivity index (χ3n) is 2.49. The van der Waals surface area contributed by atoms with Crippen LogP contribution in [0.4, 0.5) is 0 Å². The first-order valence-electron chi connectivity index (χ1n) is 7.45. The van der Waals surface area contributed by atoms with Crippen LogP contribution < -0.4 is 0 Å². The minimum Gasteiger partial charge on any atom is -0.381 e. The van der Waals surface area contributed by atoms with Gasteiger partial charge in [0.1, 0.15) is 0 Å². The lowest BCUT2D eigenvalue weighted by Gasteiger charge is -2.19. The van der Waals surface area contributed by atoms with Crippen molar-refractivity contribution in [3.05, 3.63) is 6.42 Å². The van der Waals surface area contributed by atoms with E-state index in [2.05, 4.69) is 41.0 Å². The molecular formula is C16H33O2. The smallest absolute Gasteiger partial charge is 0.0598 e. The lowest BCUT2D eigenvalue weighted by molar-refractivity contribution is -0.00398. The largest absolute Gasteiger partial charge is 0.381 e. The summed E-state index contributed by atoms with van der Waals surface area (Å²) in [6, 6.07) is 0. The van der Waals surface area contributed by atoms with Crippen LogP contribution in [-0.2, 0) is 9.47 Å². The summed E-state index contributed by atoms with van der Waals surface area (Å²) in [4.78, 5) is 0. The molecule has 0 aliphatic heterocycles. The van der Waals surface area contributed by atoms with Gasteiger partial charge >= 0.3 is 0 Å². The molecule has 0 N–H and O–H groups in total. The highest BCUT2D eigenvalue weighted by molar-refractivity contribution is 4.65. The van der Waals surface area contributed by atoms with E-state index in [9.17, 15) is 0 Å². The molecule has 0 aromatic rings. The molecule has 0 aliphatic carbocycles. The van der Waals surface area contributed by atoms with Crippen molar-refractivity contribution in [3.63, 3.8) is 0 Å². The van der Waals surface area contributed by atoms with Gasteiger partial charge in [0.05, 0.1) is 5.60 Å². The fraction of sp³-hybridized carbons (Fsp3) is 0.938. The highest BCUT2D eigenvalue weighted by Gasteiger charge is 2.08. The zero-order valence-corrected chi connectivity index (χ0v) is 13.1. The fourth-order valence-corrected chi connectivity index (χ4v) is 1.56. The Hall–Kier alpha value is -0.0800. The Morgan fingerprint density at radius 2 is 1.61 bits per heavy atom. The molecule has 0 amide bonds. The van der Waals surface area contributed by atoms with E-state index in [4.69, 9.17) is 9.47 Å². The van der Waals surface area contributed by atoms with E-state index < -0.39 is 0 Å². The van der Waals surface area contributed by atoms with Gasteiger partial charge in [0.2, 0.25) is 0 Å². The van der Waals surface area contributed by atoms with Crippen LogP contribution in [0, 0.1) is 12.3 Å². The van der Waals surface area contributed by atoms with Crippen molar-refractivity contribution >= 4 is 0 Å². The Morgan fingerprint density at radius 3 is 2.22 bits per heavy atom. The number of ether oxygens (including phenoxy) is 2. The molecule has 0 fully saturated rings. The van der Waals surface area contributed by atoms with Crippen LogP contribution in [0.5, 0.6) is 0 Å². The maximum absolute atomic E-state index is 5.67. The Kier molecular flexibility index (Phi) is 10.8. The van der Waals surface area contributed by atoms with Gasteiger partial charge in [0.15, 0.2) is 0 Å². The van der Waals surface area contributed by atoms with E-state index in [1.54, 1.807) is 0 Å². The highest BCUT2D eigenvalue weighted by Crippen LogP contribution is 2.09. The second kappa shape index (κ2) is 10.8. The first-order valence-corrected chi connectivity index (χ1v) is 7.45. The van der Waals surface area contributed by atoms with Crippen molar-refractivity contribution < 1.29 is 9.47 Å². The minimum absolute atomic E-state index is 0.00769. The number of hydrogen-bond acceptors (Lipinski definition) is 2. The molecule has 0 aromatic carbocycles. The number of hydrogen-bond donors (Lipinski definition) is 0. The van der Waals surface area contributed by atoms with Gasteiger partial charge in [-0.05, 0) is 52.4 Å². The van der Waals surface area contributed by atoms with Crippen molar-refractivity contribution in [2.75, 3.05) is 19.8 Å². The van der Waals surface area contributed by atoms with Crippen molar-refractivity contribution in [3.8, 4) is 0 Å². The highest BCUT2D eigenvalue weighted by atomic mass is 16.5. The van der Waals surface area contributed by atoms with Gasteiger partial charge in [-0.3, -0.25) is 0 Å². The molecule has 18 heavy (non-hydrogen) atoms. The van der Waals surface area contributed by atoms with E-state index in [-0.39, 0.29) is 5.60 Å². The van der Waals surface area contributed by atoms with Crippen LogP contribution in [-0.4, -0.2) is 25.4 Å². The third-order valence-corrected chi connectivity index (χ3v) is 2.49. The summed E-state index contributed by atoms with van der Waals surface area (Å²) in [5, 5.41) is 0. The molecule has 0 aliphatic rings. The standard InChI is InChI=1S/C16H33O2/c1-15(2)14-17-12-10-8-6-7-9-11-13-18-16(3,4)5/h7,15H,6,8-14H2,1-5H3. The summed E-state index contributed by atoms with van der Waals surface area (Å²) in [7, 11) is 0. The molecule has 2 nitrogen and oxygen atoms in total. The van der Waals surface area contributed by atoms with Gasteiger partial charge in [-0.2, -0.15) is 0 Å². The summed E-state index contributed by atoms with van der Waals surface area (Å²) in [6.45, 7) is 13.4. The van der Waals surface area contributed by atoms with Crippen LogP contribution >= 0.6 is 0 Å². The van der Waals surface area contributed by atoms with Crippen LogP contribution in [0.25, 0.3) is 0 Å². The Morgan fingerprint density at radius 1 is 0.944 bits per heavy atom. The molecule has 109 valence electrons. The Labute approximate surface area is 114 Å². The first kappa shape index (κ1) is 17.9. The van der Waals surface area contributed by atoms with E-state index in [1.807, 2.05) is 0 Å². The van der Waals surface area contributed by atoms with Crippen LogP contribution in [0.1, 0.15) is 66.7 Å². The molecule has 1 radical (unpaired) electrons. The van der Waals surface area contributed by atoms with Crippen LogP contribution in [0.15, 0.2) is 0 Å². The summed E-state index contributed by atoms with van der Waals surface area (Å²) in [6.07, 6.45) is 8.33. The Bertz CT molecular complexity index is 170. The summed E-state index contributed by atoms with van der Waals surface area (Å²) >= 11 is 0. The van der Waals surface area contributed by atoms with E-state index in [0.717, 1.165) is 26.2 Å². The second-order valence-corrected chi connectivity index (χ2v) is 6.36. The second-order valence-electron chi connectivity index (χ2n) is 6.36. The predicted molar refractivity (Wildman–Crippen MR) is 78.7 cm³/mol. The molecule has 0 unspecified atom stereocenters. The molecule has 0 saturated carbocycles. The summed E-state index contributed by atoms with van der Waals surface area (Å²) in [5.41, 5.74) is 0.00769. The first-order chi connectivity index (χ1) is 8.42. The zero-order chi connectivity index (χ0) is 13.9. The van der Waals surface area contributed by atoms with E-state index in [0.29, 0.717) is 5.92 Å². The SMILES string of the molecule is CC(C)COCCCC[CH]CCCOC(C)(C)C. The fourth-order valence-electron chi connectivity index (χ4n) is 1.56. The van der Waals surface area contributed by atoms with Gasteiger partial charge in [-0.25, -0.2) is 0 Å². The zero-order valence-electron chi connectivity index (χ0n) is 13.1. The predicted octanol–water partition coefficient (Wildman–Crippen LogP) is 4.63. The lowest BCUT2D eigenvalue weighted by atomic mass is 10.1. The van der Waals surface area contributed by atoms with Crippen molar-refractivity contribution in [2.24, 2.45) is 5.92 Å². The molecule has 0 atom stereocenters. The van der Waals surface area contributed by atoms with Crippen LogP contribution in [0.3, 0.4) is 0 Å². The minimum atomic E-state index is 0.00769. The molecule has 0 bridgehead atoms. The maximum atomic E-state index is 5.67. The molecule has 0 rings (SSSR count). The normalized spacial score (nSPS) is 12.3. The monoisotopic (exact) mass is 257 g/mol. The van der Waals surface area contributed by atoms with Crippen LogP contribution in [0.2, 0.25) is 0 Å². The van der Waals surface area contributed by atoms with Gasteiger partial charge < -0.3 is 9.47 Å². The molecule has 0 heterocycles. The van der Waals surface area contributed by atoms with Crippen molar-refractivity contribution in [2.45, 2.75) is 72.3 Å². The molecule has 0 aromatic heterocycles. The molecule has 2 heteroatoms.